The maximum atomic E-state index is 12.3. The van der Waals surface area contributed by atoms with Crippen molar-refractivity contribution in [2.75, 3.05) is 0 Å². The van der Waals surface area contributed by atoms with E-state index in [0.29, 0.717) is 11.8 Å². The first-order valence-corrected chi connectivity index (χ1v) is 9.10. The monoisotopic (exact) mass is 279 g/mol. The van der Waals surface area contributed by atoms with Crippen molar-refractivity contribution in [2.24, 2.45) is 5.92 Å². The summed E-state index contributed by atoms with van der Waals surface area (Å²) in [7, 11) is 0. The lowest BCUT2D eigenvalue weighted by Gasteiger charge is -2.24. The van der Waals surface area contributed by atoms with Crippen molar-refractivity contribution >= 4 is 5.78 Å². The molecule has 0 aromatic carbocycles. The predicted octanol–water partition coefficient (Wildman–Crippen LogP) is 4.62. The van der Waals surface area contributed by atoms with Gasteiger partial charge in [-0.2, -0.15) is 0 Å². The molecule has 0 spiro atoms. The summed E-state index contributed by atoms with van der Waals surface area (Å²) in [6.07, 6.45) is 16.4. The Bertz CT molecular complexity index is 275. The number of hydrogen-bond acceptors (Lipinski definition) is 2. The number of carbonyl (C=O) groups is 1. The van der Waals surface area contributed by atoms with Gasteiger partial charge in [0.1, 0.15) is 5.78 Å². The fraction of sp³-hybridized carbons (Fsp3) is 0.944. The predicted molar refractivity (Wildman–Crippen MR) is 84.9 cm³/mol. The summed E-state index contributed by atoms with van der Waals surface area (Å²) >= 11 is 0. The summed E-state index contributed by atoms with van der Waals surface area (Å²) in [5.74, 6) is 1.29. The number of fused-ring (bicyclic) bond motifs is 1. The molecule has 0 aromatic heterocycles. The first kappa shape index (κ1) is 16.0. The average molecular weight is 279 g/mol. The second-order valence-electron chi connectivity index (χ2n) is 6.94. The van der Waals surface area contributed by atoms with Crippen LogP contribution in [0.25, 0.3) is 0 Å². The lowest BCUT2D eigenvalue weighted by molar-refractivity contribution is -0.120. The van der Waals surface area contributed by atoms with E-state index in [4.69, 9.17) is 0 Å². The third-order valence-corrected chi connectivity index (χ3v) is 5.28. The van der Waals surface area contributed by atoms with Crippen molar-refractivity contribution in [3.8, 4) is 0 Å². The molecule has 0 radical (unpaired) electrons. The number of carbonyl (C=O) groups excluding carboxylic acids is 1. The first-order valence-electron chi connectivity index (χ1n) is 9.10. The molecule has 116 valence electrons. The minimum Gasteiger partial charge on any atom is -0.304 e. The molecule has 0 amide bonds. The van der Waals surface area contributed by atoms with Crippen LogP contribution >= 0.6 is 0 Å². The highest BCUT2D eigenvalue weighted by Gasteiger charge is 2.37. The smallest absolute Gasteiger partial charge is 0.149 e. The van der Waals surface area contributed by atoms with Gasteiger partial charge < -0.3 is 5.32 Å². The number of rotatable bonds is 9. The maximum absolute atomic E-state index is 12.3. The largest absolute Gasteiger partial charge is 0.304 e. The second-order valence-corrected chi connectivity index (χ2v) is 6.94. The van der Waals surface area contributed by atoms with Gasteiger partial charge in [-0.25, -0.2) is 0 Å². The first-order chi connectivity index (χ1) is 9.81. The van der Waals surface area contributed by atoms with E-state index in [1.54, 1.807) is 0 Å². The van der Waals surface area contributed by atoms with Crippen molar-refractivity contribution in [3.05, 3.63) is 0 Å². The highest BCUT2D eigenvalue weighted by molar-refractivity contribution is 5.84. The van der Waals surface area contributed by atoms with Crippen molar-refractivity contribution in [3.63, 3.8) is 0 Å². The van der Waals surface area contributed by atoms with E-state index >= 15 is 0 Å². The van der Waals surface area contributed by atoms with E-state index in [9.17, 15) is 4.79 Å². The van der Waals surface area contributed by atoms with Gasteiger partial charge in [-0.05, 0) is 31.6 Å². The van der Waals surface area contributed by atoms with Crippen molar-refractivity contribution < 1.29 is 4.79 Å². The van der Waals surface area contributed by atoms with Gasteiger partial charge in [-0.3, -0.25) is 4.79 Å². The molecule has 2 aliphatic rings. The molecule has 1 heterocycles. The fourth-order valence-corrected chi connectivity index (χ4v) is 3.99. The summed E-state index contributed by atoms with van der Waals surface area (Å²) in [6.45, 7) is 2.25. The summed E-state index contributed by atoms with van der Waals surface area (Å²) in [6, 6.07) is 0.856. The van der Waals surface area contributed by atoms with Gasteiger partial charge in [0.05, 0.1) is 6.04 Å². The van der Waals surface area contributed by atoms with E-state index < -0.39 is 0 Å². The van der Waals surface area contributed by atoms with E-state index in [-0.39, 0.29) is 6.04 Å². The summed E-state index contributed by atoms with van der Waals surface area (Å²) in [4.78, 5) is 12.3. The highest BCUT2D eigenvalue weighted by Crippen LogP contribution is 2.33. The molecule has 0 bridgehead atoms. The third kappa shape index (κ3) is 4.87. The Kier molecular flexibility index (Phi) is 7.06. The topological polar surface area (TPSA) is 29.1 Å². The van der Waals surface area contributed by atoms with Crippen LogP contribution in [-0.4, -0.2) is 17.9 Å². The average Bonchev–Trinajstić information content (AvgIpc) is 2.90. The number of ketones is 1. The van der Waals surface area contributed by atoms with Crippen LogP contribution in [0.3, 0.4) is 0 Å². The number of nitrogens with one attached hydrogen (secondary N) is 1. The quantitative estimate of drug-likeness (QED) is 0.624. The van der Waals surface area contributed by atoms with Crippen LogP contribution in [0.1, 0.15) is 90.4 Å². The fourth-order valence-electron chi connectivity index (χ4n) is 3.99. The Morgan fingerprint density at radius 2 is 1.70 bits per heavy atom. The molecule has 2 heteroatoms. The van der Waals surface area contributed by atoms with Crippen LogP contribution in [0, 0.1) is 5.92 Å². The lowest BCUT2D eigenvalue weighted by Crippen LogP contribution is -2.37. The van der Waals surface area contributed by atoms with Gasteiger partial charge in [-0.15, -0.1) is 0 Å². The molecule has 1 aliphatic carbocycles. The lowest BCUT2D eigenvalue weighted by atomic mass is 9.84. The van der Waals surface area contributed by atoms with Crippen LogP contribution < -0.4 is 5.32 Å². The Balaban J connectivity index is 1.54. The van der Waals surface area contributed by atoms with Gasteiger partial charge in [0, 0.05) is 12.5 Å². The zero-order chi connectivity index (χ0) is 14.2. The van der Waals surface area contributed by atoms with Crippen molar-refractivity contribution in [2.45, 2.75) is 102 Å². The Morgan fingerprint density at radius 3 is 2.45 bits per heavy atom. The van der Waals surface area contributed by atoms with E-state index in [0.717, 1.165) is 25.2 Å². The Labute approximate surface area is 125 Å². The third-order valence-electron chi connectivity index (χ3n) is 5.28. The normalized spacial score (nSPS) is 29.4. The molecule has 2 fully saturated rings. The van der Waals surface area contributed by atoms with Crippen LogP contribution in [0.5, 0.6) is 0 Å². The standard InChI is InChI=1S/C18H33NO/c1-2-3-4-5-6-7-8-13-18(20)17-14-15-11-9-10-12-16(15)19-17/h15-17,19H,2-14H2,1H3. The minimum absolute atomic E-state index is 0.197. The number of unbranched alkanes of at least 4 members (excludes halogenated alkanes) is 6. The summed E-state index contributed by atoms with van der Waals surface area (Å²) < 4.78 is 0. The van der Waals surface area contributed by atoms with Crippen LogP contribution in [-0.2, 0) is 4.79 Å². The molecule has 0 aromatic rings. The molecular weight excluding hydrogens is 246 g/mol. The molecule has 1 aliphatic heterocycles. The molecule has 1 saturated heterocycles. The van der Waals surface area contributed by atoms with Crippen molar-refractivity contribution in [1.82, 2.24) is 5.32 Å². The van der Waals surface area contributed by atoms with E-state index in [1.807, 2.05) is 0 Å². The maximum Gasteiger partial charge on any atom is 0.149 e. The van der Waals surface area contributed by atoms with Crippen molar-refractivity contribution in [1.29, 1.82) is 0 Å². The Hall–Kier alpha value is -0.370. The van der Waals surface area contributed by atoms with Gasteiger partial charge in [0.15, 0.2) is 0 Å². The molecule has 3 atom stereocenters. The number of Topliss-reactive ketones (excluding diaryl/α,β-unsaturated/α-hetero) is 1. The SMILES string of the molecule is CCCCCCCCCC(=O)C1CC2CCCCC2N1. The zero-order valence-electron chi connectivity index (χ0n) is 13.3. The second kappa shape index (κ2) is 8.81. The van der Waals surface area contributed by atoms with E-state index in [2.05, 4.69) is 12.2 Å². The molecule has 1 saturated carbocycles. The van der Waals surface area contributed by atoms with Gasteiger partial charge in [-0.1, -0.05) is 58.3 Å². The van der Waals surface area contributed by atoms with E-state index in [1.165, 1.54) is 64.2 Å². The van der Waals surface area contributed by atoms with Gasteiger partial charge in [0.2, 0.25) is 0 Å². The van der Waals surface area contributed by atoms with Crippen LogP contribution in [0.2, 0.25) is 0 Å². The molecule has 20 heavy (non-hydrogen) atoms. The molecule has 1 N–H and O–H groups in total. The summed E-state index contributed by atoms with van der Waals surface area (Å²) in [5.41, 5.74) is 0. The highest BCUT2D eigenvalue weighted by atomic mass is 16.1. The molecular formula is C18H33NO. The molecule has 3 unspecified atom stereocenters. The molecule has 2 rings (SSSR count). The number of hydrogen-bond donors (Lipinski definition) is 1. The van der Waals surface area contributed by atoms with Gasteiger partial charge >= 0.3 is 0 Å². The van der Waals surface area contributed by atoms with Crippen LogP contribution in [0.4, 0.5) is 0 Å². The molecule has 2 nitrogen and oxygen atoms in total. The Morgan fingerprint density at radius 1 is 1.00 bits per heavy atom. The van der Waals surface area contributed by atoms with Gasteiger partial charge in [0.25, 0.3) is 0 Å². The van der Waals surface area contributed by atoms with Crippen LogP contribution in [0.15, 0.2) is 0 Å². The minimum atomic E-state index is 0.197. The zero-order valence-corrected chi connectivity index (χ0v) is 13.3. The summed E-state index contributed by atoms with van der Waals surface area (Å²) in [5, 5.41) is 3.61.